The molecule has 1 N–H and O–H groups in total. The average molecular weight is 567 g/mol. The van der Waals surface area contributed by atoms with Gasteiger partial charge in [0, 0.05) is 54.3 Å². The van der Waals surface area contributed by atoms with Crippen molar-refractivity contribution in [3.8, 4) is 16.9 Å². The predicted octanol–water partition coefficient (Wildman–Crippen LogP) is 6.63. The van der Waals surface area contributed by atoms with Crippen LogP contribution in [0.4, 0.5) is 0 Å². The van der Waals surface area contributed by atoms with Gasteiger partial charge in [0.15, 0.2) is 6.29 Å². The van der Waals surface area contributed by atoms with Crippen molar-refractivity contribution < 1.29 is 14.6 Å². The van der Waals surface area contributed by atoms with Crippen LogP contribution in [-0.4, -0.2) is 51.2 Å². The van der Waals surface area contributed by atoms with E-state index in [4.69, 9.17) is 14.6 Å². The molecule has 1 atom stereocenters. The predicted molar refractivity (Wildman–Crippen MR) is 169 cm³/mol. The van der Waals surface area contributed by atoms with E-state index in [1.54, 1.807) is 0 Å². The van der Waals surface area contributed by atoms with Gasteiger partial charge in [-0.25, -0.2) is 0 Å². The summed E-state index contributed by atoms with van der Waals surface area (Å²) in [6.07, 6.45) is 2.46. The van der Waals surface area contributed by atoms with Gasteiger partial charge in [-0.05, 0) is 63.2 Å². The lowest BCUT2D eigenvalue weighted by Gasteiger charge is -2.22. The van der Waals surface area contributed by atoms with Crippen molar-refractivity contribution in [2.24, 2.45) is 7.05 Å². The summed E-state index contributed by atoms with van der Waals surface area (Å²) >= 11 is 0. The molecule has 1 unspecified atom stereocenters. The minimum absolute atomic E-state index is 0.439. The first-order valence-corrected chi connectivity index (χ1v) is 15.3. The van der Waals surface area contributed by atoms with Gasteiger partial charge in [-0.3, -0.25) is 4.68 Å². The van der Waals surface area contributed by atoms with E-state index in [0.29, 0.717) is 13.2 Å². The molecule has 0 saturated heterocycles. The topological polar surface area (TPSA) is 64.7 Å². The maximum Gasteiger partial charge on any atom is 0.196 e. The number of hydrogen-bond acceptors (Lipinski definition) is 5. The van der Waals surface area contributed by atoms with E-state index in [-0.39, 0.29) is 0 Å². The maximum absolute atomic E-state index is 11.4. The molecule has 1 aliphatic heterocycles. The van der Waals surface area contributed by atoms with E-state index in [9.17, 15) is 5.11 Å². The second-order valence-corrected chi connectivity index (χ2v) is 11.3. The molecule has 7 heteroatoms. The zero-order chi connectivity index (χ0) is 29.2. The van der Waals surface area contributed by atoms with Gasteiger partial charge in [-0.2, -0.15) is 5.10 Å². The molecule has 0 spiro atoms. The standard InChI is InChI=1S/C35H42N4O3/c1-5-30-32-28-17-10-16-26-27(18-11-22-42-31-19-9-14-24-13-7-8-15-25(24)31)34(35(40)41-6-2)39(33(26)28)21-12-20-37(3)23-29(32)36-38(30)4/h7-10,13-17,19,35,40H,5-6,11-12,18,20-23H2,1-4H3. The highest BCUT2D eigenvalue weighted by Gasteiger charge is 2.28. The Labute approximate surface area is 248 Å². The Balaban J connectivity index is 1.43. The van der Waals surface area contributed by atoms with Crippen molar-refractivity contribution in [2.45, 2.75) is 58.9 Å². The van der Waals surface area contributed by atoms with Crippen molar-refractivity contribution in [3.63, 3.8) is 0 Å². The number of aliphatic hydroxyl groups is 1. The van der Waals surface area contributed by atoms with Crippen molar-refractivity contribution in [1.82, 2.24) is 19.2 Å². The molecule has 1 aliphatic rings. The smallest absolute Gasteiger partial charge is 0.196 e. The molecular weight excluding hydrogens is 524 g/mol. The largest absolute Gasteiger partial charge is 0.493 e. The number of aryl methyl sites for hydroxylation is 3. The van der Waals surface area contributed by atoms with Crippen molar-refractivity contribution >= 4 is 21.7 Å². The minimum Gasteiger partial charge on any atom is -0.493 e. The zero-order valence-corrected chi connectivity index (χ0v) is 25.3. The average Bonchev–Trinajstić information content (AvgIpc) is 3.48. The second kappa shape index (κ2) is 12.3. The number of nitrogens with zero attached hydrogens (tertiary/aromatic N) is 4. The summed E-state index contributed by atoms with van der Waals surface area (Å²) in [4.78, 5) is 2.35. The van der Waals surface area contributed by atoms with Crippen LogP contribution in [0.25, 0.3) is 32.8 Å². The molecule has 5 aromatic rings. The van der Waals surface area contributed by atoms with Crippen molar-refractivity contribution in [3.05, 3.63) is 83.3 Å². The molecular formula is C35H42N4O3. The number of benzene rings is 3. The fourth-order valence-corrected chi connectivity index (χ4v) is 6.75. The Bertz CT molecular complexity index is 1700. The molecule has 3 aromatic carbocycles. The quantitative estimate of drug-likeness (QED) is 0.160. The summed E-state index contributed by atoms with van der Waals surface area (Å²) in [5, 5.41) is 19.9. The fourth-order valence-electron chi connectivity index (χ4n) is 6.75. The minimum atomic E-state index is -0.996. The SMILES string of the molecule is CCOC(O)c1c(CCCOc2cccc3ccccc23)c2cccc3c2n1CCCN(C)Cc1nn(C)c(CC)c1-3. The third-order valence-corrected chi connectivity index (χ3v) is 8.55. The molecule has 42 heavy (non-hydrogen) atoms. The molecule has 0 fully saturated rings. The molecule has 220 valence electrons. The number of hydrogen-bond donors (Lipinski definition) is 1. The Morgan fingerprint density at radius 1 is 0.952 bits per heavy atom. The first-order chi connectivity index (χ1) is 20.5. The van der Waals surface area contributed by atoms with E-state index < -0.39 is 6.29 Å². The lowest BCUT2D eigenvalue weighted by molar-refractivity contribution is -0.103. The lowest BCUT2D eigenvalue weighted by atomic mass is 9.97. The summed E-state index contributed by atoms with van der Waals surface area (Å²) in [6, 6.07) is 21.1. The van der Waals surface area contributed by atoms with E-state index in [1.807, 2.05) is 23.7 Å². The summed E-state index contributed by atoms with van der Waals surface area (Å²) < 4.78 is 16.6. The van der Waals surface area contributed by atoms with E-state index >= 15 is 0 Å². The van der Waals surface area contributed by atoms with E-state index in [2.05, 4.69) is 79.0 Å². The number of rotatable bonds is 9. The van der Waals surface area contributed by atoms with Crippen LogP contribution >= 0.6 is 0 Å². The fraction of sp³-hybridized carbons (Fsp3) is 0.400. The van der Waals surface area contributed by atoms with Gasteiger partial charge >= 0.3 is 0 Å². The maximum atomic E-state index is 11.4. The van der Waals surface area contributed by atoms with Gasteiger partial charge in [-0.1, -0.05) is 61.5 Å². The molecule has 3 heterocycles. The van der Waals surface area contributed by atoms with E-state index in [0.717, 1.165) is 73.4 Å². The van der Waals surface area contributed by atoms with Crippen molar-refractivity contribution in [1.29, 1.82) is 0 Å². The molecule has 0 radical (unpaired) electrons. The number of ether oxygens (including phenoxy) is 2. The highest BCUT2D eigenvalue weighted by atomic mass is 16.6. The summed E-state index contributed by atoms with van der Waals surface area (Å²) in [7, 11) is 4.22. The normalized spacial score (nSPS) is 14.8. The van der Waals surface area contributed by atoms with Gasteiger partial charge in [-0.15, -0.1) is 0 Å². The van der Waals surface area contributed by atoms with Crippen LogP contribution in [0.2, 0.25) is 0 Å². The highest BCUT2D eigenvalue weighted by molar-refractivity contribution is 5.99. The summed E-state index contributed by atoms with van der Waals surface area (Å²) in [5.41, 5.74) is 7.94. The molecule has 0 aliphatic carbocycles. The van der Waals surface area contributed by atoms with Gasteiger partial charge in [0.05, 0.1) is 23.5 Å². The lowest BCUT2D eigenvalue weighted by Crippen LogP contribution is -2.23. The highest BCUT2D eigenvalue weighted by Crippen LogP contribution is 2.41. The molecule has 0 bridgehead atoms. The third kappa shape index (κ3) is 5.21. The Morgan fingerprint density at radius 3 is 2.57 bits per heavy atom. The van der Waals surface area contributed by atoms with Crippen LogP contribution < -0.4 is 4.74 Å². The van der Waals surface area contributed by atoms with Crippen LogP contribution in [0.3, 0.4) is 0 Å². The van der Waals surface area contributed by atoms with E-state index in [1.165, 1.54) is 33.1 Å². The monoisotopic (exact) mass is 566 g/mol. The van der Waals surface area contributed by atoms with Gasteiger partial charge in [0.2, 0.25) is 0 Å². The number of aromatic nitrogens is 3. The van der Waals surface area contributed by atoms with Crippen LogP contribution in [0.1, 0.15) is 55.6 Å². The molecule has 6 rings (SSSR count). The number of para-hydroxylation sites is 1. The summed E-state index contributed by atoms with van der Waals surface area (Å²) in [5.74, 6) is 0.908. The Kier molecular flexibility index (Phi) is 8.34. The van der Waals surface area contributed by atoms with Gasteiger partial charge < -0.3 is 24.0 Å². The molecule has 7 nitrogen and oxygen atoms in total. The number of aliphatic hydroxyl groups excluding tert-OH is 1. The molecule has 0 saturated carbocycles. The second-order valence-electron chi connectivity index (χ2n) is 11.3. The summed E-state index contributed by atoms with van der Waals surface area (Å²) in [6.45, 7) is 7.72. The molecule has 2 aromatic heterocycles. The Morgan fingerprint density at radius 2 is 1.74 bits per heavy atom. The third-order valence-electron chi connectivity index (χ3n) is 8.55. The van der Waals surface area contributed by atoms with Crippen molar-refractivity contribution in [2.75, 3.05) is 26.8 Å². The first-order valence-electron chi connectivity index (χ1n) is 15.3. The van der Waals surface area contributed by atoms with Crippen LogP contribution in [0.5, 0.6) is 5.75 Å². The molecule has 0 amide bonds. The Hall–Kier alpha value is -3.65. The van der Waals surface area contributed by atoms with Crippen LogP contribution in [-0.2, 0) is 37.7 Å². The van der Waals surface area contributed by atoms with Gasteiger partial charge in [0.25, 0.3) is 0 Å². The number of fused-ring (bicyclic) bond motifs is 3. The van der Waals surface area contributed by atoms with Crippen LogP contribution in [0.15, 0.2) is 60.7 Å². The van der Waals surface area contributed by atoms with Crippen LogP contribution in [0, 0.1) is 0 Å². The zero-order valence-electron chi connectivity index (χ0n) is 25.3. The first kappa shape index (κ1) is 28.5. The van der Waals surface area contributed by atoms with Gasteiger partial charge in [0.1, 0.15) is 5.75 Å².